The van der Waals surface area contributed by atoms with Gasteiger partial charge in [0.1, 0.15) is 16.5 Å². The van der Waals surface area contributed by atoms with Crippen LogP contribution in [-0.4, -0.2) is 16.0 Å². The highest BCUT2D eigenvalue weighted by Crippen LogP contribution is 2.41. The largest absolute Gasteiger partial charge is 0.367 e. The van der Waals surface area contributed by atoms with E-state index in [1.165, 1.54) is 48.1 Å². The molecule has 0 radical (unpaired) electrons. The van der Waals surface area contributed by atoms with Gasteiger partial charge in [0, 0.05) is 16.8 Å². The molecule has 0 unspecified atom stereocenters. The topological polar surface area (TPSA) is 37.8 Å². The fourth-order valence-corrected chi connectivity index (χ4v) is 3.44. The summed E-state index contributed by atoms with van der Waals surface area (Å²) in [6.07, 6.45) is 5.10. The number of aromatic nitrogens is 2. The Kier molecular flexibility index (Phi) is 4.37. The average molecular weight is 359 g/mol. The van der Waals surface area contributed by atoms with Gasteiger partial charge in [0.25, 0.3) is 0 Å². The van der Waals surface area contributed by atoms with Gasteiger partial charge in [-0.05, 0) is 50.8 Å². The molecule has 6 heteroatoms. The molecule has 25 heavy (non-hydrogen) atoms. The summed E-state index contributed by atoms with van der Waals surface area (Å²) in [6.45, 7) is 2.14. The highest BCUT2D eigenvalue weighted by Gasteiger charge is 2.29. The van der Waals surface area contributed by atoms with Gasteiger partial charge in [0.15, 0.2) is 11.6 Å². The van der Waals surface area contributed by atoms with Gasteiger partial charge in [-0.2, -0.15) is 0 Å². The summed E-state index contributed by atoms with van der Waals surface area (Å²) in [5.41, 5.74) is 0. The quantitative estimate of drug-likeness (QED) is 0.679. The fourth-order valence-electron chi connectivity index (χ4n) is 2.55. The van der Waals surface area contributed by atoms with Crippen molar-refractivity contribution in [2.24, 2.45) is 0 Å². The predicted molar refractivity (Wildman–Crippen MR) is 97.1 cm³/mol. The van der Waals surface area contributed by atoms with Crippen LogP contribution in [0.15, 0.2) is 30.3 Å². The van der Waals surface area contributed by atoms with Gasteiger partial charge in [-0.3, -0.25) is 0 Å². The van der Waals surface area contributed by atoms with E-state index in [0.29, 0.717) is 12.0 Å². The lowest BCUT2D eigenvalue weighted by Crippen LogP contribution is -2.05. The first-order chi connectivity index (χ1) is 12.1. The van der Waals surface area contributed by atoms with E-state index >= 15 is 0 Å². The van der Waals surface area contributed by atoms with E-state index in [1.54, 1.807) is 11.3 Å². The van der Waals surface area contributed by atoms with E-state index in [2.05, 4.69) is 18.3 Å². The lowest BCUT2D eigenvalue weighted by atomic mass is 10.3. The minimum atomic E-state index is -0.799. The third-order valence-corrected chi connectivity index (χ3v) is 5.16. The maximum Gasteiger partial charge on any atom is 0.158 e. The summed E-state index contributed by atoms with van der Waals surface area (Å²) in [4.78, 5) is 11.9. The van der Waals surface area contributed by atoms with Gasteiger partial charge in [0.05, 0.1) is 5.39 Å². The average Bonchev–Trinajstić information content (AvgIpc) is 3.49. The Morgan fingerprint density at radius 3 is 2.28 bits per heavy atom. The molecule has 1 aromatic carbocycles. The number of thiophene rings is 1. The summed E-state index contributed by atoms with van der Waals surface area (Å²) in [5.74, 6) is 1.16. The molecular formula is C19H19F2N3S. The fraction of sp³-hybridized carbons (Fsp3) is 0.368. The molecule has 3 aromatic rings. The summed E-state index contributed by atoms with van der Waals surface area (Å²) >= 11 is 1.78. The van der Waals surface area contributed by atoms with Crippen LogP contribution in [0.3, 0.4) is 0 Å². The first-order valence-electron chi connectivity index (χ1n) is 8.55. The van der Waals surface area contributed by atoms with Crippen LogP contribution in [0.4, 0.5) is 14.6 Å². The van der Waals surface area contributed by atoms with Crippen LogP contribution in [0.2, 0.25) is 0 Å². The summed E-state index contributed by atoms with van der Waals surface area (Å²) < 4.78 is 23.9. The van der Waals surface area contributed by atoms with Crippen LogP contribution in [0, 0.1) is 18.6 Å². The monoisotopic (exact) mass is 359 g/mol. The Morgan fingerprint density at radius 1 is 1.04 bits per heavy atom. The molecule has 0 spiro atoms. The lowest BCUT2D eigenvalue weighted by Gasteiger charge is -2.06. The zero-order valence-corrected chi connectivity index (χ0v) is 14.7. The van der Waals surface area contributed by atoms with Crippen LogP contribution >= 0.6 is 11.3 Å². The third-order valence-electron chi connectivity index (χ3n) is 4.22. The summed E-state index contributed by atoms with van der Waals surface area (Å²) in [6, 6.07) is 7.91. The van der Waals surface area contributed by atoms with Crippen molar-refractivity contribution in [2.45, 2.75) is 44.6 Å². The number of fused-ring (bicyclic) bond motifs is 1. The molecule has 2 heterocycles. The smallest absolute Gasteiger partial charge is 0.158 e. The molecule has 0 bridgehead atoms. The van der Waals surface area contributed by atoms with Crippen molar-refractivity contribution < 1.29 is 8.78 Å². The van der Waals surface area contributed by atoms with Gasteiger partial charge >= 0.3 is 0 Å². The Labute approximate surface area is 149 Å². The van der Waals surface area contributed by atoms with Gasteiger partial charge in [-0.25, -0.2) is 18.7 Å². The van der Waals surface area contributed by atoms with E-state index in [1.807, 2.05) is 0 Å². The molecule has 130 valence electrons. The van der Waals surface area contributed by atoms with Crippen LogP contribution in [-0.2, 0) is 0 Å². The van der Waals surface area contributed by atoms with E-state index in [-0.39, 0.29) is 0 Å². The van der Waals surface area contributed by atoms with Crippen LogP contribution in [0.5, 0.6) is 0 Å². The predicted octanol–water partition coefficient (Wildman–Crippen LogP) is 5.42. The highest BCUT2D eigenvalue weighted by molar-refractivity contribution is 7.18. The molecule has 0 aliphatic heterocycles. The summed E-state index contributed by atoms with van der Waals surface area (Å²) in [7, 11) is 0. The number of anilines is 1. The molecule has 2 aliphatic carbocycles. The van der Waals surface area contributed by atoms with Crippen molar-refractivity contribution >= 4 is 27.4 Å². The first-order valence-corrected chi connectivity index (χ1v) is 9.36. The number of benzene rings is 1. The Bertz CT molecular complexity index is 880. The van der Waals surface area contributed by atoms with Gasteiger partial charge < -0.3 is 5.32 Å². The number of halogens is 2. The molecule has 0 saturated heterocycles. The number of hydrogen-bond donors (Lipinski definition) is 1. The first kappa shape index (κ1) is 16.4. The van der Waals surface area contributed by atoms with Crippen LogP contribution < -0.4 is 5.32 Å². The number of nitrogens with one attached hydrogen (secondary N) is 1. The number of hydrogen-bond acceptors (Lipinski definition) is 4. The van der Waals surface area contributed by atoms with Gasteiger partial charge in [-0.1, -0.05) is 12.1 Å². The number of aryl methyl sites for hydroxylation is 1. The van der Waals surface area contributed by atoms with E-state index in [9.17, 15) is 8.78 Å². The molecule has 0 atom stereocenters. The Morgan fingerprint density at radius 2 is 1.72 bits per heavy atom. The second-order valence-electron chi connectivity index (χ2n) is 6.61. The molecule has 5 rings (SSSR count). The zero-order chi connectivity index (χ0) is 17.4. The van der Waals surface area contributed by atoms with Crippen LogP contribution in [0.25, 0.3) is 10.2 Å². The van der Waals surface area contributed by atoms with Crippen molar-refractivity contribution in [3.63, 3.8) is 0 Å². The number of rotatable bonds is 3. The second-order valence-corrected chi connectivity index (χ2v) is 7.85. The lowest BCUT2D eigenvalue weighted by molar-refractivity contribution is 0.508. The van der Waals surface area contributed by atoms with E-state index in [0.717, 1.165) is 28.6 Å². The minimum Gasteiger partial charge on any atom is -0.367 e. The maximum absolute atomic E-state index is 11.9. The highest BCUT2D eigenvalue weighted by atomic mass is 32.1. The van der Waals surface area contributed by atoms with Crippen molar-refractivity contribution in [1.29, 1.82) is 0 Å². The molecule has 3 nitrogen and oxygen atoms in total. The second kappa shape index (κ2) is 6.67. The normalized spacial score (nSPS) is 16.4. The van der Waals surface area contributed by atoms with Crippen molar-refractivity contribution in [3.05, 3.63) is 52.7 Å². The molecule has 2 aliphatic rings. The molecule has 1 N–H and O–H groups in total. The summed E-state index contributed by atoms with van der Waals surface area (Å²) in [5, 5.41) is 4.76. The maximum atomic E-state index is 11.9. The van der Waals surface area contributed by atoms with Gasteiger partial charge in [-0.15, -0.1) is 11.3 Å². The number of nitrogens with zero attached hydrogens (tertiary/aromatic N) is 2. The van der Waals surface area contributed by atoms with Crippen LogP contribution in [0.1, 0.15) is 42.3 Å². The minimum absolute atomic E-state index is 0.626. The van der Waals surface area contributed by atoms with Crippen molar-refractivity contribution in [1.82, 2.24) is 9.97 Å². The third kappa shape index (κ3) is 3.95. The van der Waals surface area contributed by atoms with Gasteiger partial charge in [0.2, 0.25) is 0 Å². The molecular weight excluding hydrogens is 340 g/mol. The molecule has 0 amide bonds. The molecule has 2 aromatic heterocycles. The van der Waals surface area contributed by atoms with E-state index in [4.69, 9.17) is 9.97 Å². The van der Waals surface area contributed by atoms with E-state index < -0.39 is 11.6 Å². The Balaban J connectivity index is 0.000000166. The van der Waals surface area contributed by atoms with Crippen molar-refractivity contribution in [3.8, 4) is 0 Å². The Hall–Kier alpha value is -2.08. The SMILES string of the molecule is Cc1cc2c(NC3CC3)nc(C3CC3)nc2s1.Fc1ccccc1F. The zero-order valence-electron chi connectivity index (χ0n) is 13.9. The molecule has 2 saturated carbocycles. The standard InChI is InChI=1S/C13H15N3S.C6H4F2/c1-7-6-10-12(14-9-4-5-9)15-11(8-2-3-8)16-13(10)17-7;7-5-3-1-2-4-6(5)8/h6,8-9H,2-5H2,1H3,(H,14,15,16);1-4H. The van der Waals surface area contributed by atoms with Crippen molar-refractivity contribution in [2.75, 3.05) is 5.32 Å². The molecule has 2 fully saturated rings.